The monoisotopic (exact) mass is 330 g/mol. The highest BCUT2D eigenvalue weighted by atomic mass is 16.6. The van der Waals surface area contributed by atoms with Gasteiger partial charge in [0.1, 0.15) is 24.4 Å². The summed E-state index contributed by atoms with van der Waals surface area (Å²) in [5.41, 5.74) is 0. The van der Waals surface area contributed by atoms with Gasteiger partial charge in [-0.25, -0.2) is 0 Å². The molecule has 0 spiro atoms. The number of allylic oxidation sites excluding steroid dienone is 2. The number of hydrogen-bond donors (Lipinski definition) is 3. The lowest BCUT2D eigenvalue weighted by Crippen LogP contribution is -2.54. The van der Waals surface area contributed by atoms with Crippen molar-refractivity contribution in [1.29, 1.82) is 0 Å². The molecule has 4 atom stereocenters. The lowest BCUT2D eigenvalue weighted by molar-refractivity contribution is -0.199. The second kappa shape index (κ2) is 12.9. The Morgan fingerprint density at radius 2 is 1.65 bits per heavy atom. The molecular formula is C18H34O5. The van der Waals surface area contributed by atoms with Crippen LogP contribution in [0.3, 0.4) is 0 Å². The summed E-state index contributed by atoms with van der Waals surface area (Å²) < 4.78 is 10.8. The van der Waals surface area contributed by atoms with E-state index in [9.17, 15) is 15.3 Å². The van der Waals surface area contributed by atoms with Crippen molar-refractivity contribution in [2.45, 2.75) is 82.7 Å². The van der Waals surface area contributed by atoms with Gasteiger partial charge in [0.2, 0.25) is 0 Å². The zero-order chi connectivity index (χ0) is 16.9. The third-order valence-corrected chi connectivity index (χ3v) is 4.19. The van der Waals surface area contributed by atoms with Crippen molar-refractivity contribution in [1.82, 2.24) is 0 Å². The van der Waals surface area contributed by atoms with Gasteiger partial charge >= 0.3 is 0 Å². The first-order chi connectivity index (χ1) is 11.2. The number of rotatable bonds is 12. The topological polar surface area (TPSA) is 79.2 Å². The van der Waals surface area contributed by atoms with Crippen LogP contribution in [0.15, 0.2) is 12.2 Å². The van der Waals surface area contributed by atoms with Crippen LogP contribution in [0.1, 0.15) is 58.3 Å². The number of hydrogen-bond acceptors (Lipinski definition) is 5. The van der Waals surface area contributed by atoms with Gasteiger partial charge in [0.05, 0.1) is 13.2 Å². The Bertz CT molecular complexity index is 308. The minimum Gasteiger partial charge on any atom is -0.388 e. The van der Waals surface area contributed by atoms with Crippen LogP contribution in [0.25, 0.3) is 0 Å². The van der Waals surface area contributed by atoms with Crippen molar-refractivity contribution in [2.75, 3.05) is 19.8 Å². The summed E-state index contributed by atoms with van der Waals surface area (Å²) in [6.07, 6.45) is 10.3. The molecule has 0 aliphatic carbocycles. The molecule has 1 fully saturated rings. The molecule has 0 aromatic rings. The largest absolute Gasteiger partial charge is 0.388 e. The summed E-state index contributed by atoms with van der Waals surface area (Å²) in [6.45, 7) is 3.11. The first-order valence-electron chi connectivity index (χ1n) is 9.05. The van der Waals surface area contributed by atoms with Crippen LogP contribution >= 0.6 is 0 Å². The third-order valence-electron chi connectivity index (χ3n) is 4.19. The highest BCUT2D eigenvalue weighted by molar-refractivity contribution is 4.86. The Hall–Kier alpha value is -0.460. The summed E-state index contributed by atoms with van der Waals surface area (Å²) in [6, 6.07) is 0. The lowest BCUT2D eigenvalue weighted by Gasteiger charge is -2.35. The minimum atomic E-state index is -1.15. The van der Waals surface area contributed by atoms with Crippen molar-refractivity contribution in [3.8, 4) is 0 Å². The van der Waals surface area contributed by atoms with Gasteiger partial charge in [-0.15, -0.1) is 0 Å². The minimum absolute atomic E-state index is 0.0350. The molecule has 1 aliphatic rings. The number of aliphatic hydroxyl groups is 3. The molecule has 23 heavy (non-hydrogen) atoms. The van der Waals surface area contributed by atoms with Crippen LogP contribution in [-0.4, -0.2) is 59.6 Å². The fourth-order valence-corrected chi connectivity index (χ4v) is 2.62. The predicted octanol–water partition coefficient (Wildman–Crippen LogP) is 2.18. The molecule has 1 heterocycles. The molecule has 1 aliphatic heterocycles. The van der Waals surface area contributed by atoms with Crippen LogP contribution in [0.2, 0.25) is 0 Å². The average Bonchev–Trinajstić information content (AvgIpc) is 2.55. The summed E-state index contributed by atoms with van der Waals surface area (Å²) in [5.74, 6) is 0. The molecule has 1 saturated heterocycles. The van der Waals surface area contributed by atoms with Gasteiger partial charge in [-0.2, -0.15) is 0 Å². The van der Waals surface area contributed by atoms with Gasteiger partial charge < -0.3 is 24.8 Å². The molecule has 0 radical (unpaired) electrons. The maximum Gasteiger partial charge on any atom is 0.111 e. The SMILES string of the molecule is CCCCCCC/C=C/CCCOC[C@H]1OC[C@H](O)[C@@H](O)[C@@H]1O. The van der Waals surface area contributed by atoms with Crippen LogP contribution in [-0.2, 0) is 9.47 Å². The molecule has 1 rings (SSSR count). The van der Waals surface area contributed by atoms with E-state index in [1.54, 1.807) is 0 Å². The summed E-state index contributed by atoms with van der Waals surface area (Å²) in [4.78, 5) is 0. The Balaban J connectivity index is 1.93. The fraction of sp³-hybridized carbons (Fsp3) is 0.889. The molecule has 0 saturated carbocycles. The second-order valence-electron chi connectivity index (χ2n) is 6.31. The van der Waals surface area contributed by atoms with Crippen molar-refractivity contribution in [3.05, 3.63) is 12.2 Å². The molecule has 136 valence electrons. The summed E-state index contributed by atoms with van der Waals surface area (Å²) in [5, 5.41) is 28.7. The fourth-order valence-electron chi connectivity index (χ4n) is 2.62. The smallest absolute Gasteiger partial charge is 0.111 e. The van der Waals surface area contributed by atoms with E-state index >= 15 is 0 Å². The Morgan fingerprint density at radius 1 is 0.957 bits per heavy atom. The highest BCUT2D eigenvalue weighted by Crippen LogP contribution is 2.16. The Morgan fingerprint density at radius 3 is 2.39 bits per heavy atom. The van der Waals surface area contributed by atoms with Gasteiger partial charge in [-0.1, -0.05) is 44.8 Å². The first-order valence-corrected chi connectivity index (χ1v) is 9.05. The van der Waals surface area contributed by atoms with Crippen LogP contribution in [0.5, 0.6) is 0 Å². The normalized spacial score (nSPS) is 28.5. The molecule has 0 amide bonds. The number of aliphatic hydroxyl groups excluding tert-OH is 3. The van der Waals surface area contributed by atoms with E-state index in [1.165, 1.54) is 32.1 Å². The summed E-state index contributed by atoms with van der Waals surface area (Å²) in [7, 11) is 0. The van der Waals surface area contributed by atoms with E-state index in [4.69, 9.17) is 9.47 Å². The van der Waals surface area contributed by atoms with Crippen molar-refractivity contribution >= 4 is 0 Å². The third kappa shape index (κ3) is 8.82. The molecule has 0 bridgehead atoms. The predicted molar refractivity (Wildman–Crippen MR) is 90.3 cm³/mol. The van der Waals surface area contributed by atoms with Crippen molar-refractivity contribution < 1.29 is 24.8 Å². The van der Waals surface area contributed by atoms with Crippen LogP contribution < -0.4 is 0 Å². The van der Waals surface area contributed by atoms with Gasteiger partial charge in [0, 0.05) is 6.61 Å². The maximum absolute atomic E-state index is 9.76. The molecule has 0 unspecified atom stereocenters. The van der Waals surface area contributed by atoms with E-state index < -0.39 is 24.4 Å². The average molecular weight is 330 g/mol. The number of unbranched alkanes of at least 4 members (excludes halogenated alkanes) is 6. The Labute approximate surface area is 140 Å². The van der Waals surface area contributed by atoms with Gasteiger partial charge in [-0.05, 0) is 25.7 Å². The van der Waals surface area contributed by atoms with Gasteiger partial charge in [0.15, 0.2) is 0 Å². The molecule has 0 aromatic heterocycles. The molecular weight excluding hydrogens is 296 g/mol. The molecule has 3 N–H and O–H groups in total. The first kappa shape index (κ1) is 20.6. The van der Waals surface area contributed by atoms with Crippen LogP contribution in [0, 0.1) is 0 Å². The standard InChI is InChI=1S/C18H34O5/c1-2-3-4-5-6-7-8-9-10-11-12-22-14-16-18(21)17(20)15(19)13-23-16/h8-9,15-21H,2-7,10-14H2,1H3/b9-8+/t15-,16+,17+,18+/m0/s1. The van der Waals surface area contributed by atoms with E-state index in [0.29, 0.717) is 6.61 Å². The van der Waals surface area contributed by atoms with Gasteiger partial charge in [-0.3, -0.25) is 0 Å². The second-order valence-corrected chi connectivity index (χ2v) is 6.31. The van der Waals surface area contributed by atoms with E-state index in [0.717, 1.165) is 19.3 Å². The van der Waals surface area contributed by atoms with E-state index in [2.05, 4.69) is 19.1 Å². The highest BCUT2D eigenvalue weighted by Gasteiger charge is 2.37. The molecule has 5 heteroatoms. The Kier molecular flexibility index (Phi) is 11.5. The number of ether oxygens (including phenoxy) is 2. The maximum atomic E-state index is 9.76. The zero-order valence-corrected chi connectivity index (χ0v) is 14.4. The van der Waals surface area contributed by atoms with E-state index in [-0.39, 0.29) is 13.2 Å². The quantitative estimate of drug-likeness (QED) is 0.377. The van der Waals surface area contributed by atoms with Crippen molar-refractivity contribution in [2.24, 2.45) is 0 Å². The zero-order valence-electron chi connectivity index (χ0n) is 14.4. The molecule has 5 nitrogen and oxygen atoms in total. The van der Waals surface area contributed by atoms with E-state index in [1.807, 2.05) is 0 Å². The van der Waals surface area contributed by atoms with Crippen LogP contribution in [0.4, 0.5) is 0 Å². The van der Waals surface area contributed by atoms with Crippen molar-refractivity contribution in [3.63, 3.8) is 0 Å². The molecule has 0 aromatic carbocycles. The van der Waals surface area contributed by atoms with Gasteiger partial charge in [0.25, 0.3) is 0 Å². The summed E-state index contributed by atoms with van der Waals surface area (Å²) >= 11 is 0. The lowest BCUT2D eigenvalue weighted by atomic mass is 10.0.